The lowest BCUT2D eigenvalue weighted by molar-refractivity contribution is 0.0953. The van der Waals surface area contributed by atoms with Crippen molar-refractivity contribution in [3.05, 3.63) is 71.8 Å². The lowest BCUT2D eigenvalue weighted by atomic mass is 10.2. The lowest BCUT2D eigenvalue weighted by Gasteiger charge is -1.95. The molecule has 0 aliphatic rings. The van der Waals surface area contributed by atoms with Gasteiger partial charge in [0.1, 0.15) is 0 Å². The predicted octanol–water partition coefficient (Wildman–Crippen LogP) is 2.18. The van der Waals surface area contributed by atoms with E-state index in [2.05, 4.69) is 0 Å². The highest BCUT2D eigenvalue weighted by atomic mass is 35.5. The minimum Gasteiger partial charge on any atom is -0.870 e. The number of benzene rings is 2. The smallest absolute Gasteiger partial charge is 0.265 e. The van der Waals surface area contributed by atoms with E-state index in [1.165, 1.54) is 0 Å². The second-order valence-corrected chi connectivity index (χ2v) is 3.82. The van der Waals surface area contributed by atoms with Gasteiger partial charge in [0.05, 0.1) is 0 Å². The molecule has 4 N–H and O–H groups in total. The van der Waals surface area contributed by atoms with Crippen LogP contribution in [0.2, 0.25) is 0 Å². The Kier molecular flexibility index (Phi) is 8.61. The largest absolute Gasteiger partial charge is 0.870 e. The summed E-state index contributed by atoms with van der Waals surface area (Å²) in [5.74, 6) is 4.64. The third-order valence-electron chi connectivity index (χ3n) is 2.17. The van der Waals surface area contributed by atoms with E-state index in [-0.39, 0.29) is 11.4 Å². The van der Waals surface area contributed by atoms with E-state index < -0.39 is 5.24 Å². The van der Waals surface area contributed by atoms with Crippen LogP contribution in [-0.4, -0.2) is 16.6 Å². The number of carbonyl (C=O) groups excluding carboxylic acids is 2. The Hall–Kier alpha value is -2.21. The molecule has 0 saturated heterocycles. The number of hydrogen-bond acceptors (Lipinski definition) is 4. The Morgan fingerprint density at radius 2 is 1.25 bits per heavy atom. The van der Waals surface area contributed by atoms with Crippen molar-refractivity contribution in [1.82, 2.24) is 5.43 Å². The summed E-state index contributed by atoms with van der Waals surface area (Å²) in [6.45, 7) is 0. The minimum absolute atomic E-state index is 0. The van der Waals surface area contributed by atoms with Crippen LogP contribution >= 0.6 is 11.6 Å². The number of halogens is 1. The summed E-state index contributed by atoms with van der Waals surface area (Å²) in [5, 5.41) is -0.407. The van der Waals surface area contributed by atoms with Gasteiger partial charge in [-0.2, -0.15) is 0 Å². The third kappa shape index (κ3) is 6.10. The maximum atomic E-state index is 10.8. The number of hydrogen-bond donors (Lipinski definition) is 2. The van der Waals surface area contributed by atoms with E-state index in [1.807, 2.05) is 17.6 Å². The zero-order valence-corrected chi connectivity index (χ0v) is 11.2. The fourth-order valence-corrected chi connectivity index (χ4v) is 1.37. The van der Waals surface area contributed by atoms with Crippen LogP contribution in [0.3, 0.4) is 0 Å². The fraction of sp³-hybridized carbons (Fsp3) is 0. The summed E-state index contributed by atoms with van der Waals surface area (Å²) < 4.78 is 0. The quantitative estimate of drug-likeness (QED) is 0.383. The van der Waals surface area contributed by atoms with Crippen molar-refractivity contribution in [3.8, 4) is 0 Å². The molecule has 0 spiro atoms. The van der Waals surface area contributed by atoms with Gasteiger partial charge < -0.3 is 5.48 Å². The second kappa shape index (κ2) is 9.69. The molecule has 1 amide bonds. The number of nitrogen functional groups attached to an aromatic ring is 1. The van der Waals surface area contributed by atoms with Gasteiger partial charge in [0.15, 0.2) is 0 Å². The number of hydrazine groups is 1. The second-order valence-electron chi connectivity index (χ2n) is 3.48. The van der Waals surface area contributed by atoms with Crippen molar-refractivity contribution in [3.63, 3.8) is 0 Å². The first kappa shape index (κ1) is 17.8. The van der Waals surface area contributed by atoms with Crippen LogP contribution in [-0.2, 0) is 0 Å². The zero-order chi connectivity index (χ0) is 14.1. The molecule has 2 aromatic carbocycles. The number of amides is 1. The standard InChI is InChI=1S/C7H5ClO.C7H8N2O.H2O/c8-7(9)6-4-2-1-3-5-6;8-9-7(10)6-4-2-1-3-5-6;/h1-5H;1-5H,8H2,(H,9,10);1H2/p-1. The number of rotatable bonds is 2. The Morgan fingerprint density at radius 3 is 1.55 bits per heavy atom. The van der Waals surface area contributed by atoms with Crippen molar-refractivity contribution >= 4 is 22.8 Å². The molecule has 0 aliphatic heterocycles. The number of nitrogens with one attached hydrogen (secondary N) is 1. The summed E-state index contributed by atoms with van der Waals surface area (Å²) in [7, 11) is 0. The monoisotopic (exact) mass is 293 g/mol. The Labute approximate surface area is 121 Å². The summed E-state index contributed by atoms with van der Waals surface area (Å²) in [6, 6.07) is 17.5. The molecule has 0 aliphatic carbocycles. The van der Waals surface area contributed by atoms with Crippen LogP contribution in [0.4, 0.5) is 0 Å². The number of carbonyl (C=O) groups is 2. The topological polar surface area (TPSA) is 102 Å². The molecular weight excluding hydrogens is 280 g/mol. The molecule has 2 aromatic rings. The van der Waals surface area contributed by atoms with Gasteiger partial charge in [-0.1, -0.05) is 48.5 Å². The molecule has 0 saturated carbocycles. The summed E-state index contributed by atoms with van der Waals surface area (Å²) >= 11 is 5.16. The molecule has 5 nitrogen and oxygen atoms in total. The van der Waals surface area contributed by atoms with Crippen LogP contribution in [0, 0.1) is 0 Å². The average Bonchev–Trinajstić information content (AvgIpc) is 2.49. The molecule has 0 fully saturated rings. The lowest BCUT2D eigenvalue weighted by Crippen LogP contribution is -2.29. The molecule has 0 aromatic heterocycles. The Balaban J connectivity index is 0.000000345. The van der Waals surface area contributed by atoms with Crippen molar-refractivity contribution in [2.75, 3.05) is 0 Å². The minimum atomic E-state index is -0.407. The zero-order valence-electron chi connectivity index (χ0n) is 10.5. The van der Waals surface area contributed by atoms with E-state index in [0.29, 0.717) is 11.1 Å². The van der Waals surface area contributed by atoms with Crippen LogP contribution in [0.1, 0.15) is 20.7 Å². The maximum Gasteiger partial charge on any atom is 0.265 e. The summed E-state index contributed by atoms with van der Waals surface area (Å²) in [6.07, 6.45) is 0. The van der Waals surface area contributed by atoms with Crippen molar-refractivity contribution < 1.29 is 15.1 Å². The van der Waals surface area contributed by atoms with Crippen molar-refractivity contribution in [2.24, 2.45) is 5.84 Å². The highest BCUT2D eigenvalue weighted by Gasteiger charge is 1.98. The van der Waals surface area contributed by atoms with Gasteiger partial charge in [-0.15, -0.1) is 0 Å². The van der Waals surface area contributed by atoms with E-state index in [9.17, 15) is 9.59 Å². The Morgan fingerprint density at radius 1 is 0.850 bits per heavy atom. The van der Waals surface area contributed by atoms with Crippen LogP contribution in [0.5, 0.6) is 0 Å². The van der Waals surface area contributed by atoms with Crippen molar-refractivity contribution in [1.29, 1.82) is 0 Å². The first-order valence-corrected chi connectivity index (χ1v) is 5.84. The van der Waals surface area contributed by atoms with Gasteiger partial charge in [0.25, 0.3) is 11.1 Å². The normalized spacial score (nSPS) is 8.50. The van der Waals surface area contributed by atoms with Gasteiger partial charge in [-0.3, -0.25) is 15.0 Å². The van der Waals surface area contributed by atoms with Crippen LogP contribution in [0.15, 0.2) is 60.7 Å². The molecule has 0 bridgehead atoms. The molecule has 106 valence electrons. The van der Waals surface area contributed by atoms with E-state index >= 15 is 0 Å². The molecule has 0 heterocycles. The maximum absolute atomic E-state index is 10.8. The SMILES string of the molecule is NNC(=O)c1ccccc1.O=C(Cl)c1ccccc1.[OH-]. The molecule has 0 unspecified atom stereocenters. The third-order valence-corrected chi connectivity index (χ3v) is 2.39. The Bertz CT molecular complexity index is 533. The molecule has 2 rings (SSSR count). The van der Waals surface area contributed by atoms with E-state index in [1.54, 1.807) is 48.5 Å². The van der Waals surface area contributed by atoms with E-state index in [4.69, 9.17) is 17.4 Å². The summed E-state index contributed by atoms with van der Waals surface area (Å²) in [5.41, 5.74) is 3.16. The fourth-order valence-electron chi connectivity index (χ4n) is 1.24. The van der Waals surface area contributed by atoms with Gasteiger partial charge >= 0.3 is 0 Å². The van der Waals surface area contributed by atoms with Gasteiger partial charge in [0, 0.05) is 11.1 Å². The molecular formula is C14H14ClN2O3-. The van der Waals surface area contributed by atoms with Gasteiger partial charge in [0.2, 0.25) is 0 Å². The summed E-state index contributed by atoms with van der Waals surface area (Å²) in [4.78, 5) is 21.2. The van der Waals surface area contributed by atoms with Gasteiger partial charge in [-0.25, -0.2) is 5.84 Å². The first-order valence-electron chi connectivity index (χ1n) is 5.46. The predicted molar refractivity (Wildman–Crippen MR) is 76.7 cm³/mol. The van der Waals surface area contributed by atoms with Crippen LogP contribution in [0.25, 0.3) is 0 Å². The number of nitrogens with two attached hydrogens (primary N) is 1. The first-order chi connectivity index (χ1) is 9.15. The molecule has 0 atom stereocenters. The highest BCUT2D eigenvalue weighted by Crippen LogP contribution is 2.01. The van der Waals surface area contributed by atoms with Gasteiger partial charge in [-0.05, 0) is 23.7 Å². The molecule has 20 heavy (non-hydrogen) atoms. The van der Waals surface area contributed by atoms with Crippen molar-refractivity contribution in [2.45, 2.75) is 0 Å². The van der Waals surface area contributed by atoms with Crippen LogP contribution < -0.4 is 11.3 Å². The molecule has 0 radical (unpaired) electrons. The van der Waals surface area contributed by atoms with E-state index in [0.717, 1.165) is 0 Å². The molecule has 6 heteroatoms. The average molecular weight is 294 g/mol. The highest BCUT2D eigenvalue weighted by molar-refractivity contribution is 6.67.